The summed E-state index contributed by atoms with van der Waals surface area (Å²) < 4.78 is 132. The van der Waals surface area contributed by atoms with Gasteiger partial charge in [0.05, 0.1) is 39.6 Å². The number of aliphatic carboxylic acids is 1. The number of benzene rings is 2. The predicted octanol–water partition coefficient (Wildman–Crippen LogP) is 2.47. The minimum atomic E-state index is -4.49. The molecule has 0 bridgehead atoms. The van der Waals surface area contributed by atoms with Crippen LogP contribution in [0.5, 0.6) is 0 Å². The highest BCUT2D eigenvalue weighted by molar-refractivity contribution is 7.86. The van der Waals surface area contributed by atoms with Gasteiger partial charge in [0.2, 0.25) is 5.69 Å². The lowest BCUT2D eigenvalue weighted by atomic mass is 9.78. The van der Waals surface area contributed by atoms with Gasteiger partial charge in [0.1, 0.15) is 6.54 Å². The number of nitrogens with one attached hydrogen (secondary N) is 3. The fraction of sp³-hybridized carbons (Fsp3) is 0.500. The molecule has 0 spiro atoms. The Bertz CT molecular complexity index is 2850. The maximum Gasteiger partial charge on any atom is 0.303 e. The zero-order valence-corrected chi connectivity index (χ0v) is 41.2. The molecule has 2 heterocycles. The van der Waals surface area contributed by atoms with E-state index in [0.717, 1.165) is 11.3 Å². The Morgan fingerprint density at radius 3 is 1.81 bits per heavy atom. The van der Waals surface area contributed by atoms with E-state index in [1.165, 1.54) is 12.1 Å². The average Bonchev–Trinajstić information content (AvgIpc) is 3.54. The van der Waals surface area contributed by atoms with E-state index in [-0.39, 0.29) is 62.1 Å². The third-order valence-corrected chi connectivity index (χ3v) is 14.3. The molecule has 0 radical (unpaired) electrons. The molecule has 4 rings (SSSR count). The zero-order chi connectivity index (χ0) is 51.0. The van der Waals surface area contributed by atoms with Crippen LogP contribution in [0.25, 0.3) is 0 Å². The fourth-order valence-corrected chi connectivity index (χ4v) is 9.92. The van der Waals surface area contributed by atoms with E-state index in [4.69, 9.17) is 5.11 Å². The molecule has 3 amide bonds. The average molecular weight is 1030 g/mol. The molecule has 2 aromatic rings. The highest BCUT2D eigenvalue weighted by Crippen LogP contribution is 2.48. The van der Waals surface area contributed by atoms with Crippen molar-refractivity contribution in [1.82, 2.24) is 16.0 Å². The molecule has 0 saturated carbocycles. The molecular weight excluding hydrogens is 975 g/mol. The van der Waals surface area contributed by atoms with Gasteiger partial charge < -0.3 is 26.0 Å². The molecule has 0 aromatic heterocycles. The van der Waals surface area contributed by atoms with Crippen LogP contribution in [-0.2, 0) is 56.1 Å². The van der Waals surface area contributed by atoms with Crippen LogP contribution >= 0.6 is 0 Å². The number of nitrogens with zero attached hydrogens (tertiary/aromatic N) is 2. The molecular formula is C42H58N5O17S4+. The Labute approximate surface area is 396 Å². The van der Waals surface area contributed by atoms with Crippen LogP contribution in [0.3, 0.4) is 0 Å². The van der Waals surface area contributed by atoms with Gasteiger partial charge in [-0.2, -0.15) is 38.2 Å². The van der Waals surface area contributed by atoms with Crippen molar-refractivity contribution in [2.45, 2.75) is 77.0 Å². The first-order chi connectivity index (χ1) is 31.3. The highest BCUT2D eigenvalue weighted by atomic mass is 32.2. The maximum atomic E-state index is 13.8. The number of fused-ring (bicyclic) bond motifs is 2. The van der Waals surface area contributed by atoms with E-state index in [2.05, 4.69) is 16.0 Å². The van der Waals surface area contributed by atoms with Gasteiger partial charge in [-0.1, -0.05) is 26.0 Å². The van der Waals surface area contributed by atoms with Crippen LogP contribution in [-0.4, -0.2) is 147 Å². The van der Waals surface area contributed by atoms with Crippen molar-refractivity contribution in [1.29, 1.82) is 0 Å². The van der Waals surface area contributed by atoms with Gasteiger partial charge in [-0.25, -0.2) is 0 Å². The van der Waals surface area contributed by atoms with Crippen molar-refractivity contribution in [3.8, 4) is 0 Å². The van der Waals surface area contributed by atoms with E-state index < -0.39 is 111 Å². The predicted molar refractivity (Wildman–Crippen MR) is 251 cm³/mol. The smallest absolute Gasteiger partial charge is 0.303 e. The Balaban J connectivity index is 1.74. The van der Waals surface area contributed by atoms with Gasteiger partial charge in [0.15, 0.2) is 5.71 Å². The lowest BCUT2D eigenvalue weighted by Gasteiger charge is -2.27. The third kappa shape index (κ3) is 15.5. The van der Waals surface area contributed by atoms with Gasteiger partial charge in [-0.3, -0.25) is 37.4 Å². The number of hydrogen-bond acceptors (Lipinski definition) is 13. The van der Waals surface area contributed by atoms with Crippen molar-refractivity contribution < 1.29 is 80.7 Å². The summed E-state index contributed by atoms with van der Waals surface area (Å²) in [5.41, 5.74) is 1.61. The SMILES string of the molecule is CC1(C)C(/C=C/CC/C=C2/N(CCCS(=O)(=O)O)c3ccc(C(=O)NCCCC(=O)O)cc3C2(C)C)=[N+](CCCS(=O)(=O)O)c2cc(C(=O)NCCS(=O)(=O)O)cc(C(=O)NCCS(=O)(=O)O)c21. The van der Waals surface area contributed by atoms with Gasteiger partial charge in [0.25, 0.3) is 58.2 Å². The van der Waals surface area contributed by atoms with Gasteiger partial charge >= 0.3 is 5.97 Å². The molecule has 0 atom stereocenters. The molecule has 0 unspecified atom stereocenters. The second-order valence-corrected chi connectivity index (χ2v) is 23.6. The van der Waals surface area contributed by atoms with Gasteiger partial charge in [0, 0.05) is 79.1 Å². The number of carbonyl (C=O) groups is 4. The lowest BCUT2D eigenvalue weighted by Crippen LogP contribution is -2.34. The second kappa shape index (κ2) is 22.1. The Morgan fingerprint density at radius 1 is 0.662 bits per heavy atom. The van der Waals surface area contributed by atoms with Crippen molar-refractivity contribution >= 4 is 81.2 Å². The number of carboxylic acid groups (broad SMARTS) is 1. The maximum absolute atomic E-state index is 13.8. The summed E-state index contributed by atoms with van der Waals surface area (Å²) in [6, 6.07) is 7.68. The molecule has 2 aromatic carbocycles. The molecule has 68 heavy (non-hydrogen) atoms. The topological polar surface area (TPSA) is 348 Å². The molecule has 22 nitrogen and oxygen atoms in total. The molecule has 2 aliphatic rings. The molecule has 26 heteroatoms. The first-order valence-electron chi connectivity index (χ1n) is 21.3. The van der Waals surface area contributed by atoms with Crippen LogP contribution in [0, 0.1) is 0 Å². The summed E-state index contributed by atoms with van der Waals surface area (Å²) >= 11 is 0. The number of carbonyl (C=O) groups excluding carboxylic acids is 3. The third-order valence-electron chi connectivity index (χ3n) is 11.3. The lowest BCUT2D eigenvalue weighted by molar-refractivity contribution is -0.437. The van der Waals surface area contributed by atoms with Crippen molar-refractivity contribution in [3.63, 3.8) is 0 Å². The summed E-state index contributed by atoms with van der Waals surface area (Å²) in [5, 5.41) is 16.4. The van der Waals surface area contributed by atoms with Gasteiger partial charge in [-0.15, -0.1) is 0 Å². The van der Waals surface area contributed by atoms with E-state index in [1.807, 2.05) is 30.9 Å². The van der Waals surface area contributed by atoms with Crippen LogP contribution < -0.4 is 20.9 Å². The Kier molecular flexibility index (Phi) is 18.1. The van der Waals surface area contributed by atoms with Crippen LogP contribution in [0.1, 0.15) is 108 Å². The van der Waals surface area contributed by atoms with Crippen LogP contribution in [0.15, 0.2) is 54.3 Å². The van der Waals surface area contributed by atoms with E-state index in [1.54, 1.807) is 42.7 Å². The van der Waals surface area contributed by atoms with Crippen molar-refractivity contribution in [3.05, 3.63) is 82.1 Å². The summed E-state index contributed by atoms with van der Waals surface area (Å²) in [5.74, 6) is -5.90. The van der Waals surface area contributed by atoms with E-state index in [9.17, 15) is 71.1 Å². The first kappa shape index (κ1) is 55.5. The Morgan fingerprint density at radius 2 is 1.22 bits per heavy atom. The molecule has 0 saturated heterocycles. The minimum Gasteiger partial charge on any atom is -0.481 e. The van der Waals surface area contributed by atoms with E-state index in [0.29, 0.717) is 35.4 Å². The molecule has 376 valence electrons. The van der Waals surface area contributed by atoms with Crippen molar-refractivity contribution in [2.24, 2.45) is 0 Å². The van der Waals surface area contributed by atoms with Crippen LogP contribution in [0.2, 0.25) is 0 Å². The number of amides is 3. The van der Waals surface area contributed by atoms with Crippen molar-refractivity contribution in [2.75, 3.05) is 60.6 Å². The van der Waals surface area contributed by atoms with E-state index >= 15 is 0 Å². The van der Waals surface area contributed by atoms with Crippen LogP contribution in [0.4, 0.5) is 11.4 Å². The standard InChI is InChI=1S/C42H57N5O17S4/c1-41(2)31-26-28(38(50)43-16-8-13-36(48)49)14-15-32(31)46(19-9-21-65(53,54)55)34(41)11-6-5-7-12-35-42(3,4)37-30(40(52)45-18-24-68(62,63)64)25-29(39(51)44-17-23-67(59,60)61)27-33(37)47(35)20-10-22-66(56,57)58/h7,11-12,14-15,25-27H,5-6,8-10,13,16-24H2,1-4H3,(H7-,43,44,45,48,49,50,51,52,53,54,55,56,57,58,59,60,61,62,63,64)/p+1/b12-7+,34-11+. The van der Waals surface area contributed by atoms with Gasteiger partial charge in [-0.05, 0) is 69.4 Å². The zero-order valence-electron chi connectivity index (χ0n) is 37.9. The number of anilines is 1. The highest BCUT2D eigenvalue weighted by Gasteiger charge is 2.48. The second-order valence-electron chi connectivity index (χ2n) is 17.3. The number of allylic oxidation sites excluding steroid dienone is 4. The first-order valence-corrected chi connectivity index (χ1v) is 27.8. The summed E-state index contributed by atoms with van der Waals surface area (Å²) in [6.07, 6.45) is 6.34. The fourth-order valence-electron chi connectivity index (χ4n) is 8.22. The Hall–Kier alpha value is -5.09. The number of carboxylic acids is 1. The number of hydrogen-bond donors (Lipinski definition) is 8. The monoisotopic (exact) mass is 1030 g/mol. The molecule has 8 N–H and O–H groups in total. The molecule has 0 aliphatic carbocycles. The summed E-state index contributed by atoms with van der Waals surface area (Å²) in [4.78, 5) is 53.1. The summed E-state index contributed by atoms with van der Waals surface area (Å²) in [6.45, 7) is 6.62. The normalized spacial score (nSPS) is 16.2. The largest absolute Gasteiger partial charge is 0.481 e. The summed E-state index contributed by atoms with van der Waals surface area (Å²) in [7, 11) is -17.7. The number of unbranched alkanes of at least 4 members (excludes halogenated alkanes) is 1. The minimum absolute atomic E-state index is 0.0628. The number of rotatable bonds is 25. The molecule has 0 fully saturated rings. The quantitative estimate of drug-likeness (QED) is 0.0402. The molecule has 2 aliphatic heterocycles.